The molecule has 5 rings (SSSR count). The number of rotatable bonds is 4. The third-order valence-electron chi connectivity index (χ3n) is 7.19. The number of benzene rings is 1. The van der Waals surface area contributed by atoms with E-state index in [0.717, 1.165) is 64.9 Å². The maximum absolute atomic E-state index is 12.2. The Balaban J connectivity index is 1.53. The summed E-state index contributed by atoms with van der Waals surface area (Å²) < 4.78 is 5.50. The highest BCUT2D eigenvalue weighted by Crippen LogP contribution is 2.30. The van der Waals surface area contributed by atoms with Gasteiger partial charge in [0, 0.05) is 92.6 Å². The summed E-state index contributed by atoms with van der Waals surface area (Å²) in [6, 6.07) is 11.7. The molecule has 0 bridgehead atoms. The van der Waals surface area contributed by atoms with Gasteiger partial charge in [0.1, 0.15) is 5.69 Å². The molecular weight excluding hydrogens is 480 g/mol. The molecule has 0 spiro atoms. The summed E-state index contributed by atoms with van der Waals surface area (Å²) in [6.45, 7) is 4.11. The van der Waals surface area contributed by atoms with Crippen molar-refractivity contribution in [1.29, 1.82) is 0 Å². The fraction of sp³-hybridized carbons (Fsp3) is 0.345. The molecule has 0 atom stereocenters. The standard InChI is InChI=1S/C29H32N6O3/c1-18(36)35-11-8-25(34-21-9-12-38-13-10-21)24(17-35)28(30)22-5-3-4-19-14-27(33-16-23(19)22)20-6-7-26(32-15-20)29(37)31-2/h3-7,14-16,21H,8-13,17,30H2,1-2H3,(H,31,37). The highest BCUT2D eigenvalue weighted by molar-refractivity contribution is 6.10. The average molecular weight is 513 g/mol. The molecule has 2 amide bonds. The molecule has 9 heteroatoms. The second-order valence-corrected chi connectivity index (χ2v) is 9.61. The Morgan fingerprint density at radius 3 is 2.66 bits per heavy atom. The van der Waals surface area contributed by atoms with E-state index in [9.17, 15) is 9.59 Å². The third-order valence-corrected chi connectivity index (χ3v) is 7.19. The predicted octanol–water partition coefficient (Wildman–Crippen LogP) is 3.20. The van der Waals surface area contributed by atoms with E-state index in [-0.39, 0.29) is 17.9 Å². The van der Waals surface area contributed by atoms with E-state index >= 15 is 0 Å². The summed E-state index contributed by atoms with van der Waals surface area (Å²) in [6.07, 6.45) is 5.94. The van der Waals surface area contributed by atoms with Gasteiger partial charge >= 0.3 is 0 Å². The molecule has 3 N–H and O–H groups in total. The molecule has 0 aliphatic carbocycles. The first kappa shape index (κ1) is 25.5. The largest absolute Gasteiger partial charge is 0.398 e. The van der Waals surface area contributed by atoms with Crippen LogP contribution >= 0.6 is 0 Å². The SMILES string of the molecule is CNC(=O)c1ccc(-c2cc3cccc(C(N)=C4CN(C(C)=O)CCC4=NC4CCOCC4)c3cn2)cn1. The van der Waals surface area contributed by atoms with E-state index in [0.29, 0.717) is 30.9 Å². The minimum atomic E-state index is -0.234. The number of hydrogen-bond donors (Lipinski definition) is 2. The molecule has 38 heavy (non-hydrogen) atoms. The Bertz CT molecular complexity index is 1420. The first-order valence-corrected chi connectivity index (χ1v) is 12.9. The number of carbonyl (C=O) groups is 2. The van der Waals surface area contributed by atoms with Crippen LogP contribution in [0.2, 0.25) is 0 Å². The van der Waals surface area contributed by atoms with E-state index < -0.39 is 0 Å². The highest BCUT2D eigenvalue weighted by Gasteiger charge is 2.26. The molecule has 2 aromatic heterocycles. The van der Waals surface area contributed by atoms with E-state index in [1.807, 2.05) is 41.4 Å². The number of nitrogens with one attached hydrogen (secondary N) is 1. The number of hydrogen-bond acceptors (Lipinski definition) is 7. The first-order chi connectivity index (χ1) is 18.4. The summed E-state index contributed by atoms with van der Waals surface area (Å²) in [4.78, 5) is 39.9. The minimum absolute atomic E-state index is 0.0284. The number of aliphatic imine (C=N–C) groups is 1. The molecule has 0 radical (unpaired) electrons. The molecule has 2 aliphatic rings. The number of carbonyl (C=O) groups excluding carboxylic acids is 2. The van der Waals surface area contributed by atoms with Crippen molar-refractivity contribution in [1.82, 2.24) is 20.2 Å². The van der Waals surface area contributed by atoms with Crippen molar-refractivity contribution in [3.63, 3.8) is 0 Å². The zero-order chi connectivity index (χ0) is 26.6. The average Bonchev–Trinajstić information content (AvgIpc) is 2.96. The molecule has 0 saturated carbocycles. The van der Waals surface area contributed by atoms with Gasteiger partial charge in [0.15, 0.2) is 0 Å². The molecule has 3 aromatic rings. The summed E-state index contributed by atoms with van der Waals surface area (Å²) >= 11 is 0. The topological polar surface area (TPSA) is 123 Å². The third kappa shape index (κ3) is 5.28. The van der Waals surface area contributed by atoms with E-state index in [1.54, 1.807) is 26.2 Å². The van der Waals surface area contributed by atoms with Crippen molar-refractivity contribution in [3.05, 3.63) is 65.6 Å². The van der Waals surface area contributed by atoms with Gasteiger partial charge in [-0.15, -0.1) is 0 Å². The number of aromatic nitrogens is 2. The molecule has 4 heterocycles. The summed E-state index contributed by atoms with van der Waals surface area (Å²) in [5, 5.41) is 4.47. The molecule has 2 saturated heterocycles. The molecule has 1 aromatic carbocycles. The maximum Gasteiger partial charge on any atom is 0.269 e. The smallest absolute Gasteiger partial charge is 0.269 e. The molecule has 196 valence electrons. The van der Waals surface area contributed by atoms with E-state index in [2.05, 4.69) is 15.3 Å². The normalized spacial score (nSPS) is 19.0. The van der Waals surface area contributed by atoms with Crippen LogP contribution in [0.3, 0.4) is 0 Å². The summed E-state index contributed by atoms with van der Waals surface area (Å²) in [7, 11) is 1.58. The Morgan fingerprint density at radius 2 is 1.95 bits per heavy atom. The van der Waals surface area contributed by atoms with Crippen molar-refractivity contribution in [2.75, 3.05) is 33.4 Å². The number of likely N-dealkylation sites (tertiary alicyclic amines) is 1. The summed E-state index contributed by atoms with van der Waals surface area (Å²) in [5.41, 5.74) is 12.2. The predicted molar refractivity (Wildman–Crippen MR) is 148 cm³/mol. The summed E-state index contributed by atoms with van der Waals surface area (Å²) in [5.74, 6) is -0.206. The quantitative estimate of drug-likeness (QED) is 0.554. The molecule has 2 fully saturated rings. The van der Waals surface area contributed by atoms with Crippen LogP contribution in [0.1, 0.15) is 42.2 Å². The lowest BCUT2D eigenvalue weighted by Crippen LogP contribution is -2.40. The minimum Gasteiger partial charge on any atom is -0.398 e. The zero-order valence-electron chi connectivity index (χ0n) is 21.7. The lowest BCUT2D eigenvalue weighted by molar-refractivity contribution is -0.128. The van der Waals surface area contributed by atoms with Crippen molar-refractivity contribution < 1.29 is 14.3 Å². The first-order valence-electron chi connectivity index (χ1n) is 12.9. The van der Waals surface area contributed by atoms with E-state index in [4.69, 9.17) is 15.5 Å². The molecule has 0 unspecified atom stereocenters. The zero-order valence-corrected chi connectivity index (χ0v) is 21.7. The number of nitrogens with zero attached hydrogens (tertiary/aromatic N) is 4. The van der Waals surface area contributed by atoms with Gasteiger partial charge in [-0.05, 0) is 36.4 Å². The van der Waals surface area contributed by atoms with E-state index in [1.165, 1.54) is 0 Å². The van der Waals surface area contributed by atoms with Crippen LogP contribution in [0.5, 0.6) is 0 Å². The lowest BCUT2D eigenvalue weighted by atomic mass is 9.93. The van der Waals surface area contributed by atoms with Gasteiger partial charge in [-0.3, -0.25) is 24.5 Å². The lowest BCUT2D eigenvalue weighted by Gasteiger charge is -2.31. The Morgan fingerprint density at radius 1 is 1.13 bits per heavy atom. The second-order valence-electron chi connectivity index (χ2n) is 9.61. The number of amides is 2. The fourth-order valence-corrected chi connectivity index (χ4v) is 4.97. The number of ether oxygens (including phenoxy) is 1. The van der Waals surface area contributed by atoms with Crippen molar-refractivity contribution in [2.45, 2.75) is 32.2 Å². The van der Waals surface area contributed by atoms with Crippen molar-refractivity contribution in [3.8, 4) is 11.3 Å². The number of pyridine rings is 2. The van der Waals surface area contributed by atoms with Crippen LogP contribution in [-0.4, -0.2) is 71.8 Å². The van der Waals surface area contributed by atoms with Gasteiger partial charge < -0.3 is 20.7 Å². The highest BCUT2D eigenvalue weighted by atomic mass is 16.5. The number of nitrogens with two attached hydrogens (primary N) is 1. The molecular formula is C29H32N6O3. The van der Waals surface area contributed by atoms with Crippen LogP contribution in [0, 0.1) is 0 Å². The Kier molecular flexibility index (Phi) is 7.46. The van der Waals surface area contributed by atoms with Crippen LogP contribution < -0.4 is 11.1 Å². The Labute approximate surface area is 221 Å². The number of fused-ring (bicyclic) bond motifs is 1. The monoisotopic (exact) mass is 512 g/mol. The Hall–Kier alpha value is -4.11. The van der Waals surface area contributed by atoms with Gasteiger partial charge in [0.05, 0.1) is 11.7 Å². The van der Waals surface area contributed by atoms with Crippen LogP contribution in [0.25, 0.3) is 27.7 Å². The fourth-order valence-electron chi connectivity index (χ4n) is 4.97. The molecule has 2 aliphatic heterocycles. The van der Waals surface area contributed by atoms with Crippen LogP contribution in [0.15, 0.2) is 59.4 Å². The van der Waals surface area contributed by atoms with Gasteiger partial charge in [-0.25, -0.2) is 0 Å². The van der Waals surface area contributed by atoms with Gasteiger partial charge in [0.25, 0.3) is 5.91 Å². The van der Waals surface area contributed by atoms with Crippen molar-refractivity contribution >= 4 is 34.0 Å². The van der Waals surface area contributed by atoms with Crippen LogP contribution in [0.4, 0.5) is 0 Å². The van der Waals surface area contributed by atoms with Gasteiger partial charge in [-0.1, -0.05) is 18.2 Å². The van der Waals surface area contributed by atoms with Crippen LogP contribution in [-0.2, 0) is 9.53 Å². The molecule has 9 nitrogen and oxygen atoms in total. The number of piperidine rings is 1. The second kappa shape index (κ2) is 11.1. The maximum atomic E-state index is 12.2. The van der Waals surface area contributed by atoms with Crippen molar-refractivity contribution in [2.24, 2.45) is 10.7 Å². The van der Waals surface area contributed by atoms with Gasteiger partial charge in [-0.2, -0.15) is 0 Å². The van der Waals surface area contributed by atoms with Gasteiger partial charge in [0.2, 0.25) is 5.91 Å².